The van der Waals surface area contributed by atoms with Crippen LogP contribution in [0, 0.1) is 0 Å². The van der Waals surface area contributed by atoms with Crippen molar-refractivity contribution in [3.05, 3.63) is 180 Å². The van der Waals surface area contributed by atoms with Gasteiger partial charge in [-0.05, 0) is 82.9 Å². The van der Waals surface area contributed by atoms with Gasteiger partial charge in [-0.3, -0.25) is 4.79 Å². The zero-order chi connectivity index (χ0) is 31.1. The number of benzene rings is 7. The molecular weight excluding hydrogens is 572 g/mol. The Morgan fingerprint density at radius 1 is 0.383 bits per heavy atom. The van der Waals surface area contributed by atoms with E-state index >= 15 is 0 Å². The minimum atomic E-state index is -0.408. The zero-order valence-electron chi connectivity index (χ0n) is 25.5. The Hall–Kier alpha value is -6.19. The first-order valence-electron chi connectivity index (χ1n) is 16.1. The minimum absolute atomic E-state index is 0.136. The molecule has 0 bridgehead atoms. The molecule has 47 heavy (non-hydrogen) atoms. The fraction of sp³-hybridized carbons (Fsp3) is 0.0227. The van der Waals surface area contributed by atoms with E-state index in [1.54, 1.807) is 0 Å². The summed E-state index contributed by atoms with van der Waals surface area (Å²) < 4.78 is 4.61. The third-order valence-corrected chi connectivity index (χ3v) is 9.96. The number of hydrogen-bond acceptors (Lipinski definition) is 1. The van der Waals surface area contributed by atoms with Crippen LogP contribution in [0.15, 0.2) is 164 Å². The van der Waals surface area contributed by atoms with Crippen LogP contribution in [0.1, 0.15) is 27.4 Å². The zero-order valence-corrected chi connectivity index (χ0v) is 25.5. The third kappa shape index (κ3) is 3.71. The van der Waals surface area contributed by atoms with Gasteiger partial charge in [0, 0.05) is 38.5 Å². The minimum Gasteiger partial charge on any atom is -0.309 e. The lowest BCUT2D eigenvalue weighted by atomic mass is 9.74. The Balaban J connectivity index is 1.22. The molecule has 10 rings (SSSR count). The summed E-state index contributed by atoms with van der Waals surface area (Å²) >= 11 is 0. The molecule has 1 aliphatic rings. The fourth-order valence-corrected chi connectivity index (χ4v) is 7.94. The number of aromatic nitrogens is 2. The van der Waals surface area contributed by atoms with E-state index in [2.05, 4.69) is 161 Å². The van der Waals surface area contributed by atoms with Gasteiger partial charge >= 0.3 is 0 Å². The first-order valence-corrected chi connectivity index (χ1v) is 16.1. The van der Waals surface area contributed by atoms with E-state index in [9.17, 15) is 4.79 Å². The molecule has 0 saturated heterocycles. The molecule has 0 N–H and O–H groups in total. The summed E-state index contributed by atoms with van der Waals surface area (Å²) in [6.07, 6.45) is 0. The maximum Gasteiger partial charge on any atom is 0.175 e. The van der Waals surface area contributed by atoms with Crippen LogP contribution in [-0.2, 0) is 0 Å². The van der Waals surface area contributed by atoms with Crippen LogP contribution in [0.2, 0.25) is 0 Å². The number of ketones is 1. The average molecular weight is 601 g/mol. The third-order valence-electron chi connectivity index (χ3n) is 9.96. The van der Waals surface area contributed by atoms with Crippen molar-refractivity contribution < 1.29 is 4.79 Å². The molecule has 3 nitrogen and oxygen atoms in total. The number of rotatable bonds is 3. The van der Waals surface area contributed by atoms with E-state index in [1.807, 2.05) is 12.1 Å². The van der Waals surface area contributed by atoms with Crippen LogP contribution in [0.4, 0.5) is 0 Å². The van der Waals surface area contributed by atoms with Crippen LogP contribution in [-0.4, -0.2) is 14.9 Å². The number of carbonyl (C=O) groups excluding carboxylic acids is 1. The van der Waals surface area contributed by atoms with Crippen molar-refractivity contribution in [1.29, 1.82) is 0 Å². The molecule has 1 aliphatic carbocycles. The maximum absolute atomic E-state index is 14.9. The highest BCUT2D eigenvalue weighted by molar-refractivity contribution is 6.19. The summed E-state index contributed by atoms with van der Waals surface area (Å²) in [6.45, 7) is 0. The van der Waals surface area contributed by atoms with Gasteiger partial charge in [-0.25, -0.2) is 0 Å². The van der Waals surface area contributed by atoms with E-state index in [0.717, 1.165) is 72.0 Å². The van der Waals surface area contributed by atoms with E-state index in [4.69, 9.17) is 0 Å². The lowest BCUT2D eigenvalue weighted by Gasteiger charge is -2.27. The second-order valence-corrected chi connectivity index (χ2v) is 12.5. The van der Waals surface area contributed by atoms with Crippen molar-refractivity contribution in [2.75, 3.05) is 0 Å². The van der Waals surface area contributed by atoms with E-state index in [-0.39, 0.29) is 5.78 Å². The molecule has 3 heteroatoms. The molecule has 2 aromatic heterocycles. The van der Waals surface area contributed by atoms with Gasteiger partial charge in [0.15, 0.2) is 5.78 Å². The average Bonchev–Trinajstić information content (AvgIpc) is 3.64. The summed E-state index contributed by atoms with van der Waals surface area (Å²) in [5.74, 6) is -0.273. The molecule has 0 amide bonds. The SMILES string of the molecule is O=C1c2cc3c(cc2-c2ccccc2C1c1ccc2c(c1)c1ccccc1n2-c1ccccc1)c1ccccc1n3-c1ccccc1. The smallest absolute Gasteiger partial charge is 0.175 e. The number of para-hydroxylation sites is 4. The number of nitrogens with zero attached hydrogens (tertiary/aromatic N) is 2. The van der Waals surface area contributed by atoms with Gasteiger partial charge in [0.2, 0.25) is 0 Å². The van der Waals surface area contributed by atoms with Gasteiger partial charge in [0.25, 0.3) is 0 Å². The molecule has 1 unspecified atom stereocenters. The second kappa shape index (κ2) is 9.90. The Bertz CT molecular complexity index is 2700. The highest BCUT2D eigenvalue weighted by atomic mass is 16.1. The number of hydrogen-bond donors (Lipinski definition) is 0. The predicted octanol–water partition coefficient (Wildman–Crippen LogP) is 10.9. The number of carbonyl (C=O) groups is 1. The van der Waals surface area contributed by atoms with Gasteiger partial charge < -0.3 is 9.13 Å². The van der Waals surface area contributed by atoms with Crippen molar-refractivity contribution >= 4 is 49.4 Å². The van der Waals surface area contributed by atoms with Crippen molar-refractivity contribution in [2.24, 2.45) is 0 Å². The van der Waals surface area contributed by atoms with Crippen LogP contribution < -0.4 is 0 Å². The van der Waals surface area contributed by atoms with Gasteiger partial charge in [-0.15, -0.1) is 0 Å². The van der Waals surface area contributed by atoms with Crippen molar-refractivity contribution in [3.8, 4) is 22.5 Å². The summed E-state index contributed by atoms with van der Waals surface area (Å²) in [5, 5.41) is 4.66. The molecular formula is C44H28N2O. The van der Waals surface area contributed by atoms with Crippen molar-refractivity contribution in [3.63, 3.8) is 0 Å². The summed E-state index contributed by atoms with van der Waals surface area (Å²) in [6, 6.07) is 57.5. The lowest BCUT2D eigenvalue weighted by Crippen LogP contribution is -2.20. The Morgan fingerprint density at radius 3 is 1.60 bits per heavy atom. The molecule has 1 atom stereocenters. The second-order valence-electron chi connectivity index (χ2n) is 12.5. The monoisotopic (exact) mass is 600 g/mol. The van der Waals surface area contributed by atoms with Crippen LogP contribution >= 0.6 is 0 Å². The quantitative estimate of drug-likeness (QED) is 0.198. The molecule has 0 spiro atoms. The first kappa shape index (κ1) is 26.1. The van der Waals surface area contributed by atoms with Gasteiger partial charge in [-0.2, -0.15) is 0 Å². The standard InChI is InChI=1S/C44H28N2O/c47-44-38-27-42-37(33-19-10-12-22-40(33)46(42)30-15-5-2-6-16-30)26-35(38)31-17-7-8-20-34(31)43(44)28-23-24-41-36(25-28)32-18-9-11-21-39(32)45(41)29-13-3-1-4-14-29/h1-27,43H. The molecule has 7 aromatic carbocycles. The van der Waals surface area contributed by atoms with Crippen LogP contribution in [0.3, 0.4) is 0 Å². The van der Waals surface area contributed by atoms with Gasteiger partial charge in [-0.1, -0.05) is 103 Å². The van der Waals surface area contributed by atoms with Crippen molar-refractivity contribution in [1.82, 2.24) is 9.13 Å². The van der Waals surface area contributed by atoms with E-state index < -0.39 is 5.92 Å². The van der Waals surface area contributed by atoms with Crippen LogP contribution in [0.5, 0.6) is 0 Å². The topological polar surface area (TPSA) is 26.9 Å². The lowest BCUT2D eigenvalue weighted by molar-refractivity contribution is 0.0972. The van der Waals surface area contributed by atoms with Crippen LogP contribution in [0.25, 0.3) is 66.1 Å². The Kier molecular flexibility index (Phi) is 5.49. The normalized spacial score (nSPS) is 14.2. The first-order chi connectivity index (χ1) is 23.3. The summed E-state index contributed by atoms with van der Waals surface area (Å²) in [4.78, 5) is 14.9. The highest BCUT2D eigenvalue weighted by Gasteiger charge is 2.34. The molecule has 0 radical (unpaired) electrons. The summed E-state index contributed by atoms with van der Waals surface area (Å²) in [5.41, 5.74) is 11.6. The fourth-order valence-electron chi connectivity index (χ4n) is 7.94. The summed E-state index contributed by atoms with van der Waals surface area (Å²) in [7, 11) is 0. The van der Waals surface area contributed by atoms with Crippen molar-refractivity contribution in [2.45, 2.75) is 5.92 Å². The van der Waals surface area contributed by atoms with E-state index in [1.165, 1.54) is 10.8 Å². The predicted molar refractivity (Wildman–Crippen MR) is 193 cm³/mol. The highest BCUT2D eigenvalue weighted by Crippen LogP contribution is 2.46. The molecule has 9 aromatic rings. The maximum atomic E-state index is 14.9. The molecule has 220 valence electrons. The molecule has 2 heterocycles. The Labute approximate surface area is 271 Å². The Morgan fingerprint density at radius 2 is 0.915 bits per heavy atom. The molecule has 0 saturated carbocycles. The van der Waals surface area contributed by atoms with Gasteiger partial charge in [0.1, 0.15) is 0 Å². The van der Waals surface area contributed by atoms with E-state index in [0.29, 0.717) is 0 Å². The molecule has 0 fully saturated rings. The number of Topliss-reactive ketones (excluding diaryl/α,β-unsaturated/α-hetero) is 1. The largest absolute Gasteiger partial charge is 0.309 e. The molecule has 0 aliphatic heterocycles. The number of fused-ring (bicyclic) bond motifs is 9. The van der Waals surface area contributed by atoms with Gasteiger partial charge in [0.05, 0.1) is 28.0 Å².